The van der Waals surface area contributed by atoms with Crippen molar-refractivity contribution in [2.75, 3.05) is 0 Å². The molecule has 1 heterocycles. The number of nitrogens with one attached hydrogen (secondary N) is 1. The molecule has 0 saturated heterocycles. The molecule has 3 N–H and O–H groups in total. The van der Waals surface area contributed by atoms with Gasteiger partial charge in [0.1, 0.15) is 22.9 Å². The van der Waals surface area contributed by atoms with E-state index in [1.54, 1.807) is 6.07 Å². The van der Waals surface area contributed by atoms with E-state index in [4.69, 9.17) is 12.2 Å². The molecule has 4 aromatic rings. The van der Waals surface area contributed by atoms with Crippen LogP contribution in [0, 0.1) is 4.64 Å². The van der Waals surface area contributed by atoms with Gasteiger partial charge < -0.3 is 10.2 Å². The van der Waals surface area contributed by atoms with Crippen molar-refractivity contribution in [1.82, 2.24) is 15.0 Å². The van der Waals surface area contributed by atoms with E-state index in [9.17, 15) is 10.2 Å². The summed E-state index contributed by atoms with van der Waals surface area (Å²) in [6.07, 6.45) is 0. The Morgan fingerprint density at radius 2 is 1.75 bits per heavy atom. The largest absolute Gasteiger partial charge is 0.508 e. The summed E-state index contributed by atoms with van der Waals surface area (Å²) >= 11 is 5.54. The topological polar surface area (TPSA) is 74.1 Å². The van der Waals surface area contributed by atoms with E-state index in [1.165, 1.54) is 16.8 Å². The van der Waals surface area contributed by atoms with Crippen LogP contribution in [0.25, 0.3) is 27.7 Å². The number of H-pyrrole nitrogens is 1. The molecule has 0 atom stereocenters. The van der Waals surface area contributed by atoms with Crippen molar-refractivity contribution in [2.45, 2.75) is 0 Å². The predicted molar refractivity (Wildman–Crippen MR) is 95.0 cm³/mol. The lowest BCUT2D eigenvalue weighted by atomic mass is 10.0. The first-order valence-electron chi connectivity index (χ1n) is 7.33. The van der Waals surface area contributed by atoms with Gasteiger partial charge in [0, 0.05) is 11.6 Å². The van der Waals surface area contributed by atoms with Crippen LogP contribution in [0.4, 0.5) is 0 Å². The van der Waals surface area contributed by atoms with Crippen molar-refractivity contribution in [3.05, 3.63) is 65.3 Å². The van der Waals surface area contributed by atoms with Gasteiger partial charge >= 0.3 is 0 Å². The molecule has 5 nitrogen and oxygen atoms in total. The van der Waals surface area contributed by atoms with Crippen LogP contribution in [0.3, 0.4) is 0 Å². The maximum atomic E-state index is 10.0. The maximum absolute atomic E-state index is 10.0. The summed E-state index contributed by atoms with van der Waals surface area (Å²) in [5, 5.41) is 28.8. The molecule has 3 aromatic carbocycles. The van der Waals surface area contributed by atoms with Gasteiger partial charge in [-0.3, -0.25) is 0 Å². The average molecular weight is 335 g/mol. The number of aromatic amines is 1. The van der Waals surface area contributed by atoms with Crippen LogP contribution >= 0.6 is 12.2 Å². The molecule has 1 aromatic heterocycles. The van der Waals surface area contributed by atoms with Crippen LogP contribution in [0.15, 0.2) is 60.7 Å². The summed E-state index contributed by atoms with van der Waals surface area (Å²) in [6, 6.07) is 18.3. The van der Waals surface area contributed by atoms with Gasteiger partial charge in [-0.2, -0.15) is 5.10 Å². The molecule has 0 aliphatic rings. The summed E-state index contributed by atoms with van der Waals surface area (Å²) in [7, 11) is 0. The standard InChI is InChI=1S/C18H13N3O2S/c22-12-8-9-15(16(23)10-12)21-18(24)17(19-20-21)14-7-3-5-11-4-1-2-6-13(11)14/h1-10,20,22-23H. The molecule has 0 amide bonds. The third kappa shape index (κ3) is 2.24. The Bertz CT molecular complexity index is 1110. The fourth-order valence-corrected chi connectivity index (χ4v) is 3.07. The second-order valence-corrected chi connectivity index (χ2v) is 5.79. The van der Waals surface area contributed by atoms with Crippen LogP contribution in [-0.2, 0) is 0 Å². The van der Waals surface area contributed by atoms with Gasteiger partial charge in [0.15, 0.2) is 4.64 Å². The molecule has 118 valence electrons. The van der Waals surface area contributed by atoms with E-state index in [2.05, 4.69) is 10.3 Å². The summed E-state index contributed by atoms with van der Waals surface area (Å²) in [6.45, 7) is 0. The third-order valence-corrected chi connectivity index (χ3v) is 4.29. The van der Waals surface area contributed by atoms with Crippen LogP contribution < -0.4 is 0 Å². The number of fused-ring (bicyclic) bond motifs is 1. The zero-order valence-electron chi connectivity index (χ0n) is 12.5. The molecule has 0 unspecified atom stereocenters. The van der Waals surface area contributed by atoms with Gasteiger partial charge in [-0.1, -0.05) is 54.7 Å². The van der Waals surface area contributed by atoms with Gasteiger partial charge in [0.05, 0.1) is 0 Å². The van der Waals surface area contributed by atoms with Crippen LogP contribution in [0.5, 0.6) is 11.5 Å². The molecule has 24 heavy (non-hydrogen) atoms. The first-order chi connectivity index (χ1) is 11.6. The highest BCUT2D eigenvalue weighted by atomic mass is 32.1. The molecule has 4 rings (SSSR count). The van der Waals surface area contributed by atoms with E-state index in [-0.39, 0.29) is 11.5 Å². The molecule has 6 heteroatoms. The Morgan fingerprint density at radius 3 is 2.58 bits per heavy atom. The van der Waals surface area contributed by atoms with Crippen molar-refractivity contribution < 1.29 is 10.2 Å². The lowest BCUT2D eigenvalue weighted by molar-refractivity contribution is 0.447. The fourth-order valence-electron chi connectivity index (χ4n) is 2.77. The summed E-state index contributed by atoms with van der Waals surface area (Å²) in [5.41, 5.74) is 1.98. The number of hydrogen-bond acceptors (Lipinski definition) is 4. The lowest BCUT2D eigenvalue weighted by Gasteiger charge is -2.05. The molecule has 0 radical (unpaired) electrons. The summed E-state index contributed by atoms with van der Waals surface area (Å²) < 4.78 is 1.97. The molecule has 0 saturated carbocycles. The first kappa shape index (κ1) is 14.5. The van der Waals surface area contributed by atoms with E-state index in [1.807, 2.05) is 42.5 Å². The second kappa shape index (κ2) is 5.50. The molecule has 0 aliphatic carbocycles. The number of rotatable bonds is 2. The van der Waals surface area contributed by atoms with Crippen molar-refractivity contribution in [3.63, 3.8) is 0 Å². The highest BCUT2D eigenvalue weighted by Crippen LogP contribution is 2.30. The summed E-state index contributed by atoms with van der Waals surface area (Å²) in [5.74, 6) is -0.101. The number of aromatic hydroxyl groups is 2. The number of aromatic nitrogens is 3. The van der Waals surface area contributed by atoms with Gasteiger partial charge in [0.2, 0.25) is 0 Å². The Hall–Kier alpha value is -3.12. The normalized spacial score (nSPS) is 11.0. The number of hydrogen-bond donors (Lipinski definition) is 3. The predicted octanol–water partition coefficient (Wildman–Crippen LogP) is 4.16. The third-order valence-electron chi connectivity index (χ3n) is 3.91. The van der Waals surface area contributed by atoms with Crippen molar-refractivity contribution >= 4 is 23.0 Å². The van der Waals surface area contributed by atoms with Crippen molar-refractivity contribution in [3.8, 4) is 28.4 Å². The van der Waals surface area contributed by atoms with E-state index in [0.29, 0.717) is 16.0 Å². The molecule has 0 spiro atoms. The van der Waals surface area contributed by atoms with Crippen LogP contribution in [-0.4, -0.2) is 25.2 Å². The average Bonchev–Trinajstić information content (AvgIpc) is 2.96. The molecule has 0 aliphatic heterocycles. The zero-order chi connectivity index (χ0) is 16.7. The van der Waals surface area contributed by atoms with E-state index in [0.717, 1.165) is 16.3 Å². The van der Waals surface area contributed by atoms with Crippen molar-refractivity contribution in [1.29, 1.82) is 0 Å². The fraction of sp³-hybridized carbons (Fsp3) is 0. The first-order valence-corrected chi connectivity index (χ1v) is 7.74. The lowest BCUT2D eigenvalue weighted by Crippen LogP contribution is -1.96. The minimum atomic E-state index is -0.0841. The van der Waals surface area contributed by atoms with Crippen LogP contribution in [0.1, 0.15) is 0 Å². The zero-order valence-corrected chi connectivity index (χ0v) is 13.3. The summed E-state index contributed by atoms with van der Waals surface area (Å²) in [4.78, 5) is 0. The highest BCUT2D eigenvalue weighted by Gasteiger charge is 2.13. The second-order valence-electron chi connectivity index (χ2n) is 5.40. The molecule has 0 fully saturated rings. The smallest absolute Gasteiger partial charge is 0.156 e. The maximum Gasteiger partial charge on any atom is 0.156 e. The number of phenols is 2. The van der Waals surface area contributed by atoms with E-state index >= 15 is 0 Å². The monoisotopic (exact) mass is 335 g/mol. The van der Waals surface area contributed by atoms with Gasteiger partial charge in [-0.05, 0) is 22.9 Å². The molecular weight excluding hydrogens is 322 g/mol. The van der Waals surface area contributed by atoms with E-state index < -0.39 is 0 Å². The molecular formula is C18H13N3O2S. The van der Waals surface area contributed by atoms with Gasteiger partial charge in [-0.25, -0.2) is 9.90 Å². The van der Waals surface area contributed by atoms with Crippen molar-refractivity contribution in [2.24, 2.45) is 0 Å². The Labute approximate surface area is 142 Å². The number of nitrogens with zero attached hydrogens (tertiary/aromatic N) is 2. The Balaban J connectivity index is 1.93. The van der Waals surface area contributed by atoms with Gasteiger partial charge in [0.25, 0.3) is 0 Å². The number of phenolic OH excluding ortho intramolecular Hbond substituents is 2. The minimum absolute atomic E-state index is 0.0171. The molecule has 0 bridgehead atoms. The number of benzene rings is 3. The highest BCUT2D eigenvalue weighted by molar-refractivity contribution is 7.71. The quantitative estimate of drug-likeness (QED) is 0.481. The van der Waals surface area contributed by atoms with Crippen LogP contribution in [0.2, 0.25) is 0 Å². The Morgan fingerprint density at radius 1 is 0.958 bits per heavy atom. The SMILES string of the molecule is Oc1ccc(-n2[nH]nc(-c3cccc4ccccc34)c2=S)c(O)c1. The van der Waals surface area contributed by atoms with Gasteiger partial charge in [-0.15, -0.1) is 0 Å². The minimum Gasteiger partial charge on any atom is -0.508 e. The Kier molecular flexibility index (Phi) is 3.32.